The molecule has 0 saturated carbocycles. The van der Waals surface area contributed by atoms with Gasteiger partial charge in [0, 0.05) is 25.6 Å². The number of nitrogens with one attached hydrogen (secondary N) is 1. The molecule has 186 valence electrons. The third-order valence-corrected chi connectivity index (χ3v) is 7.75. The van der Waals surface area contributed by atoms with Crippen molar-refractivity contribution in [2.75, 3.05) is 26.2 Å². The number of sulfonamides is 1. The molecular formula is C24H29F3N2O4S. The molecule has 1 N–H and O–H groups in total. The summed E-state index contributed by atoms with van der Waals surface area (Å²) < 4.78 is 72.2. The van der Waals surface area contributed by atoms with Gasteiger partial charge in [-0.15, -0.1) is 0 Å². The number of alkyl halides is 3. The van der Waals surface area contributed by atoms with E-state index in [1.807, 2.05) is 31.2 Å². The maximum Gasteiger partial charge on any atom is 0.417 e. The highest BCUT2D eigenvalue weighted by molar-refractivity contribution is 7.89. The van der Waals surface area contributed by atoms with Crippen molar-refractivity contribution in [2.45, 2.75) is 43.7 Å². The number of carbonyl (C=O) groups is 1. The average molecular weight is 499 g/mol. The molecule has 0 bridgehead atoms. The van der Waals surface area contributed by atoms with Gasteiger partial charge >= 0.3 is 6.18 Å². The number of hydrogen-bond acceptors (Lipinski definition) is 4. The molecule has 1 saturated heterocycles. The molecule has 1 heterocycles. The van der Waals surface area contributed by atoms with E-state index in [1.165, 1.54) is 6.07 Å². The number of unbranched alkanes of at least 4 members (excludes halogenated alkanes) is 1. The van der Waals surface area contributed by atoms with E-state index in [1.54, 1.807) is 0 Å². The number of amides is 1. The van der Waals surface area contributed by atoms with Gasteiger partial charge in [-0.25, -0.2) is 8.42 Å². The molecule has 2 aromatic rings. The molecule has 6 nitrogen and oxygen atoms in total. The van der Waals surface area contributed by atoms with Gasteiger partial charge in [0.1, 0.15) is 5.75 Å². The van der Waals surface area contributed by atoms with Crippen molar-refractivity contribution in [1.82, 2.24) is 9.62 Å². The number of rotatable bonds is 9. The Kier molecular flexibility index (Phi) is 8.59. The lowest BCUT2D eigenvalue weighted by atomic mass is 9.97. The Balaban J connectivity index is 1.42. The number of nitrogens with zero attached hydrogens (tertiary/aromatic N) is 1. The summed E-state index contributed by atoms with van der Waals surface area (Å²) in [6.45, 7) is 3.01. The number of piperidine rings is 1. The lowest BCUT2D eigenvalue weighted by Crippen LogP contribution is -2.43. The van der Waals surface area contributed by atoms with Gasteiger partial charge in [-0.2, -0.15) is 17.5 Å². The first-order chi connectivity index (χ1) is 16.1. The van der Waals surface area contributed by atoms with Gasteiger partial charge in [0.05, 0.1) is 17.1 Å². The zero-order valence-electron chi connectivity index (χ0n) is 19.0. The first-order valence-corrected chi connectivity index (χ1v) is 12.7. The lowest BCUT2D eigenvalue weighted by molar-refractivity contribution is -0.139. The summed E-state index contributed by atoms with van der Waals surface area (Å²) in [7, 11) is -4.31. The quantitative estimate of drug-likeness (QED) is 0.521. The fraction of sp³-hybridized carbons (Fsp3) is 0.458. The summed E-state index contributed by atoms with van der Waals surface area (Å²) in [6, 6.07) is 11.9. The van der Waals surface area contributed by atoms with Crippen LogP contribution < -0.4 is 10.1 Å². The van der Waals surface area contributed by atoms with Gasteiger partial charge in [0.25, 0.3) is 0 Å². The molecule has 0 atom stereocenters. The summed E-state index contributed by atoms with van der Waals surface area (Å²) in [6.07, 6.45) is -2.75. The largest absolute Gasteiger partial charge is 0.494 e. The summed E-state index contributed by atoms with van der Waals surface area (Å²) in [5, 5.41) is 2.86. The van der Waals surface area contributed by atoms with E-state index in [2.05, 4.69) is 5.32 Å². The Morgan fingerprint density at radius 2 is 1.71 bits per heavy atom. The number of carbonyl (C=O) groups excluding carboxylic acids is 1. The topological polar surface area (TPSA) is 75.7 Å². The van der Waals surface area contributed by atoms with Crippen LogP contribution in [0.15, 0.2) is 53.4 Å². The first-order valence-electron chi connectivity index (χ1n) is 11.2. The van der Waals surface area contributed by atoms with E-state index in [9.17, 15) is 26.4 Å². The third kappa shape index (κ3) is 6.73. The van der Waals surface area contributed by atoms with E-state index >= 15 is 0 Å². The van der Waals surface area contributed by atoms with Gasteiger partial charge in [-0.1, -0.05) is 29.8 Å². The van der Waals surface area contributed by atoms with Crippen molar-refractivity contribution in [1.29, 1.82) is 0 Å². The highest BCUT2D eigenvalue weighted by atomic mass is 32.2. The normalized spacial score (nSPS) is 15.8. The van der Waals surface area contributed by atoms with Gasteiger partial charge in [0.15, 0.2) is 0 Å². The van der Waals surface area contributed by atoms with Crippen LogP contribution in [0.2, 0.25) is 0 Å². The molecular weight excluding hydrogens is 469 g/mol. The third-order valence-electron chi connectivity index (χ3n) is 5.80. The standard InChI is InChI=1S/C24H29F3N2O4S/c1-18-8-10-20(11-9-18)33-17-5-4-14-28-23(30)19-12-15-29(16-13-19)34(31,32)22-7-3-2-6-21(22)24(25,26)27/h2-3,6-11,19H,4-5,12-17H2,1H3,(H,28,30). The van der Waals surface area contributed by atoms with Crippen LogP contribution in [0.25, 0.3) is 0 Å². The molecule has 0 aromatic heterocycles. The van der Waals surface area contributed by atoms with Crippen molar-refractivity contribution in [3.8, 4) is 5.75 Å². The molecule has 1 amide bonds. The predicted molar refractivity (Wildman–Crippen MR) is 122 cm³/mol. The Morgan fingerprint density at radius 3 is 2.35 bits per heavy atom. The molecule has 1 aliphatic rings. The summed E-state index contributed by atoms with van der Waals surface area (Å²) in [5.74, 6) is 0.273. The van der Waals surface area contributed by atoms with Gasteiger partial charge < -0.3 is 10.1 Å². The van der Waals surface area contributed by atoms with E-state index in [-0.39, 0.29) is 37.8 Å². The van der Waals surface area contributed by atoms with E-state index < -0.39 is 26.7 Å². The number of hydrogen-bond donors (Lipinski definition) is 1. The SMILES string of the molecule is Cc1ccc(OCCCCNC(=O)C2CCN(S(=O)(=O)c3ccccc3C(F)(F)F)CC2)cc1. The fourth-order valence-corrected chi connectivity index (χ4v) is 5.51. The van der Waals surface area contributed by atoms with Crippen molar-refractivity contribution in [3.05, 3.63) is 59.7 Å². The highest BCUT2D eigenvalue weighted by Gasteiger charge is 2.40. The van der Waals surface area contributed by atoms with Crippen LogP contribution in [0.3, 0.4) is 0 Å². The van der Waals surface area contributed by atoms with Crippen molar-refractivity contribution >= 4 is 15.9 Å². The molecule has 0 unspecified atom stereocenters. The second-order valence-corrected chi connectivity index (χ2v) is 10.2. The van der Waals surface area contributed by atoms with Crippen LogP contribution in [0, 0.1) is 12.8 Å². The lowest BCUT2D eigenvalue weighted by Gasteiger charge is -2.31. The van der Waals surface area contributed by atoms with E-state index in [0.29, 0.717) is 13.2 Å². The van der Waals surface area contributed by atoms with Crippen LogP contribution in [0.5, 0.6) is 5.75 Å². The summed E-state index contributed by atoms with van der Waals surface area (Å²) in [5.41, 5.74) is -0.0224. The molecule has 10 heteroatoms. The first kappa shape index (κ1) is 26.0. The van der Waals surface area contributed by atoms with Crippen molar-refractivity contribution in [2.24, 2.45) is 5.92 Å². The second kappa shape index (κ2) is 11.2. The summed E-state index contributed by atoms with van der Waals surface area (Å²) >= 11 is 0. The maximum atomic E-state index is 13.3. The van der Waals surface area contributed by atoms with Crippen molar-refractivity contribution in [3.63, 3.8) is 0 Å². The van der Waals surface area contributed by atoms with Crippen LogP contribution in [-0.4, -0.2) is 44.9 Å². The molecule has 34 heavy (non-hydrogen) atoms. The van der Waals surface area contributed by atoms with Gasteiger partial charge in [0.2, 0.25) is 15.9 Å². The average Bonchev–Trinajstić information content (AvgIpc) is 2.82. The van der Waals surface area contributed by atoms with Crippen LogP contribution in [0.1, 0.15) is 36.8 Å². The number of aryl methyl sites for hydroxylation is 1. The summed E-state index contributed by atoms with van der Waals surface area (Å²) in [4.78, 5) is 11.7. The highest BCUT2D eigenvalue weighted by Crippen LogP contribution is 2.36. The zero-order valence-corrected chi connectivity index (χ0v) is 19.8. The van der Waals surface area contributed by atoms with Crippen LogP contribution in [0.4, 0.5) is 13.2 Å². The van der Waals surface area contributed by atoms with E-state index in [0.717, 1.165) is 46.7 Å². The van der Waals surface area contributed by atoms with E-state index in [4.69, 9.17) is 4.74 Å². The zero-order chi connectivity index (χ0) is 24.8. The minimum atomic E-state index is -4.77. The molecule has 2 aromatic carbocycles. The Labute approximate surface area is 198 Å². The minimum absolute atomic E-state index is 0.00297. The Morgan fingerprint density at radius 1 is 1.06 bits per heavy atom. The van der Waals surface area contributed by atoms with Crippen molar-refractivity contribution < 1.29 is 31.1 Å². The molecule has 0 aliphatic carbocycles. The smallest absolute Gasteiger partial charge is 0.417 e. The van der Waals surface area contributed by atoms with Gasteiger partial charge in [-0.05, 0) is 56.9 Å². The molecule has 0 radical (unpaired) electrons. The monoisotopic (exact) mass is 498 g/mol. The number of ether oxygens (including phenoxy) is 1. The fourth-order valence-electron chi connectivity index (χ4n) is 3.83. The number of benzene rings is 2. The molecule has 1 fully saturated rings. The molecule has 3 rings (SSSR count). The van der Waals surface area contributed by atoms with Gasteiger partial charge in [-0.3, -0.25) is 4.79 Å². The predicted octanol–water partition coefficient (Wildman–Crippen LogP) is 4.39. The maximum absolute atomic E-state index is 13.3. The van der Waals surface area contributed by atoms with Crippen LogP contribution >= 0.6 is 0 Å². The van der Waals surface area contributed by atoms with Crippen LogP contribution in [-0.2, 0) is 21.0 Å². The molecule has 1 aliphatic heterocycles. The second-order valence-electron chi connectivity index (χ2n) is 8.33. The minimum Gasteiger partial charge on any atom is -0.494 e. The molecule has 0 spiro atoms. The Hall–Kier alpha value is -2.59. The Bertz CT molecular complexity index is 1060. The number of halogens is 3.